The second-order valence-corrected chi connectivity index (χ2v) is 2.58. The summed E-state index contributed by atoms with van der Waals surface area (Å²) in [4.78, 5) is 22.2. The summed E-state index contributed by atoms with van der Waals surface area (Å²) in [7, 11) is 0. The molecule has 0 aliphatic carbocycles. The van der Waals surface area contributed by atoms with Crippen molar-refractivity contribution in [2.45, 2.75) is 26.7 Å². The number of ether oxygens (including phenoxy) is 3. The molecule has 5 nitrogen and oxygen atoms in total. The van der Waals surface area contributed by atoms with Gasteiger partial charge in [-0.25, -0.2) is 0 Å². The summed E-state index contributed by atoms with van der Waals surface area (Å²) in [5, 5.41) is 0. The molecule has 0 aromatic heterocycles. The number of cyclic esters (lactones) is 2. The fraction of sp³-hybridized carbons (Fsp3) is 0.750. The van der Waals surface area contributed by atoms with Gasteiger partial charge in [-0.05, 0) is 13.3 Å². The second-order valence-electron chi connectivity index (χ2n) is 2.58. The van der Waals surface area contributed by atoms with Crippen LogP contribution in [-0.4, -0.2) is 25.0 Å². The normalized spacial score (nSPS) is 28.2. The van der Waals surface area contributed by atoms with Gasteiger partial charge in [0, 0.05) is 0 Å². The van der Waals surface area contributed by atoms with Crippen molar-refractivity contribution >= 4 is 11.9 Å². The minimum atomic E-state index is -1.16. The Balaban J connectivity index is 2.56. The van der Waals surface area contributed by atoms with Crippen LogP contribution < -0.4 is 0 Å². The first-order chi connectivity index (χ1) is 6.19. The highest BCUT2D eigenvalue weighted by atomic mass is 16.9. The highest BCUT2D eigenvalue weighted by molar-refractivity contribution is 5.96. The lowest BCUT2D eigenvalue weighted by molar-refractivity contribution is -0.282. The molecule has 1 fully saturated rings. The van der Waals surface area contributed by atoms with Gasteiger partial charge in [-0.3, -0.25) is 9.59 Å². The van der Waals surface area contributed by atoms with Gasteiger partial charge in [-0.15, -0.1) is 0 Å². The van der Waals surface area contributed by atoms with Crippen LogP contribution in [0.2, 0.25) is 0 Å². The third-order valence-corrected chi connectivity index (χ3v) is 1.70. The van der Waals surface area contributed by atoms with E-state index >= 15 is 0 Å². The number of hydrogen-bond donors (Lipinski definition) is 0. The first kappa shape index (κ1) is 9.98. The van der Waals surface area contributed by atoms with Crippen molar-refractivity contribution in [1.82, 2.24) is 0 Å². The SMILES string of the molecule is CCOC1OC(=O)C(CC)C(=O)O1. The van der Waals surface area contributed by atoms with Gasteiger partial charge < -0.3 is 14.2 Å². The first-order valence-corrected chi connectivity index (χ1v) is 4.21. The zero-order valence-electron chi connectivity index (χ0n) is 7.61. The van der Waals surface area contributed by atoms with Crippen molar-refractivity contribution in [2.24, 2.45) is 5.92 Å². The molecule has 0 atom stereocenters. The minimum absolute atomic E-state index is 0.321. The van der Waals surface area contributed by atoms with Crippen LogP contribution in [0, 0.1) is 5.92 Å². The molecule has 1 heterocycles. The molecule has 0 saturated carbocycles. The number of carbonyl (C=O) groups excluding carboxylic acids is 2. The van der Waals surface area contributed by atoms with Gasteiger partial charge >= 0.3 is 18.4 Å². The molecule has 0 unspecified atom stereocenters. The van der Waals surface area contributed by atoms with Crippen LogP contribution in [0.4, 0.5) is 0 Å². The Morgan fingerprint density at radius 1 is 1.23 bits per heavy atom. The van der Waals surface area contributed by atoms with Crippen LogP contribution in [0.25, 0.3) is 0 Å². The number of hydrogen-bond acceptors (Lipinski definition) is 5. The maximum atomic E-state index is 11.1. The van der Waals surface area contributed by atoms with Crippen LogP contribution >= 0.6 is 0 Å². The van der Waals surface area contributed by atoms with Crippen LogP contribution in [-0.2, 0) is 23.8 Å². The molecule has 0 aromatic carbocycles. The first-order valence-electron chi connectivity index (χ1n) is 4.21. The van der Waals surface area contributed by atoms with Crippen molar-refractivity contribution < 1.29 is 23.8 Å². The van der Waals surface area contributed by atoms with Gasteiger partial charge in [0.25, 0.3) is 0 Å². The molecular formula is C8H12O5. The number of carbonyl (C=O) groups is 2. The summed E-state index contributed by atoms with van der Waals surface area (Å²) in [6.45, 7) is 2.59. The molecular weight excluding hydrogens is 176 g/mol. The van der Waals surface area contributed by atoms with Gasteiger partial charge in [0.2, 0.25) is 0 Å². The fourth-order valence-electron chi connectivity index (χ4n) is 1.01. The Hall–Kier alpha value is -1.10. The summed E-state index contributed by atoms with van der Waals surface area (Å²) in [5.74, 6) is -1.94. The summed E-state index contributed by atoms with van der Waals surface area (Å²) in [6.07, 6.45) is 0.385. The third-order valence-electron chi connectivity index (χ3n) is 1.70. The Labute approximate surface area is 76.0 Å². The van der Waals surface area contributed by atoms with E-state index < -0.39 is 24.3 Å². The molecule has 0 amide bonds. The topological polar surface area (TPSA) is 61.8 Å². The zero-order valence-corrected chi connectivity index (χ0v) is 7.61. The standard InChI is InChI=1S/C8H12O5/c1-3-5-6(9)12-8(11-4-2)13-7(5)10/h5,8H,3-4H2,1-2H3. The molecule has 0 N–H and O–H groups in total. The van der Waals surface area contributed by atoms with Gasteiger partial charge in [0.05, 0.1) is 6.61 Å². The van der Waals surface area contributed by atoms with E-state index in [-0.39, 0.29) is 0 Å². The van der Waals surface area contributed by atoms with Gasteiger partial charge in [-0.1, -0.05) is 6.92 Å². The van der Waals surface area contributed by atoms with Crippen LogP contribution in [0.5, 0.6) is 0 Å². The van der Waals surface area contributed by atoms with E-state index in [1.54, 1.807) is 13.8 Å². The Kier molecular flexibility index (Phi) is 3.25. The summed E-state index contributed by atoms with van der Waals surface area (Å²) >= 11 is 0. The molecule has 0 aromatic rings. The predicted molar refractivity (Wildman–Crippen MR) is 41.4 cm³/mol. The number of rotatable bonds is 3. The predicted octanol–water partition coefficient (Wildman–Crippen LogP) is 0.433. The van der Waals surface area contributed by atoms with Crippen LogP contribution in [0.15, 0.2) is 0 Å². The Bertz CT molecular complexity index is 195. The minimum Gasteiger partial charge on any atom is -0.400 e. The van der Waals surface area contributed by atoms with Crippen molar-refractivity contribution in [3.05, 3.63) is 0 Å². The molecule has 0 radical (unpaired) electrons. The van der Waals surface area contributed by atoms with Crippen LogP contribution in [0.3, 0.4) is 0 Å². The molecule has 1 saturated heterocycles. The highest BCUT2D eigenvalue weighted by Gasteiger charge is 2.37. The Morgan fingerprint density at radius 3 is 2.15 bits per heavy atom. The quantitative estimate of drug-likeness (QED) is 0.475. The highest BCUT2D eigenvalue weighted by Crippen LogP contribution is 2.17. The molecule has 5 heteroatoms. The van der Waals surface area contributed by atoms with Crippen molar-refractivity contribution in [3.63, 3.8) is 0 Å². The Morgan fingerprint density at radius 2 is 1.77 bits per heavy atom. The van der Waals surface area contributed by atoms with E-state index in [1.807, 2.05) is 0 Å². The largest absolute Gasteiger partial charge is 0.400 e. The van der Waals surface area contributed by atoms with Gasteiger partial charge in [0.15, 0.2) is 5.92 Å². The lowest BCUT2D eigenvalue weighted by Crippen LogP contribution is -2.41. The average molecular weight is 188 g/mol. The maximum Gasteiger partial charge on any atom is 0.365 e. The van der Waals surface area contributed by atoms with E-state index in [1.165, 1.54) is 0 Å². The van der Waals surface area contributed by atoms with Crippen molar-refractivity contribution in [3.8, 4) is 0 Å². The number of esters is 2. The zero-order chi connectivity index (χ0) is 9.84. The summed E-state index contributed by atoms with van der Waals surface area (Å²) in [5.41, 5.74) is 0. The molecule has 0 bridgehead atoms. The fourth-order valence-corrected chi connectivity index (χ4v) is 1.01. The lowest BCUT2D eigenvalue weighted by Gasteiger charge is -2.25. The average Bonchev–Trinajstić information content (AvgIpc) is 2.04. The molecule has 1 rings (SSSR count). The molecule has 0 spiro atoms. The smallest absolute Gasteiger partial charge is 0.365 e. The van der Waals surface area contributed by atoms with E-state index in [0.29, 0.717) is 13.0 Å². The summed E-state index contributed by atoms with van der Waals surface area (Å²) in [6, 6.07) is 0. The van der Waals surface area contributed by atoms with E-state index in [9.17, 15) is 9.59 Å². The van der Waals surface area contributed by atoms with E-state index in [0.717, 1.165) is 0 Å². The van der Waals surface area contributed by atoms with E-state index in [2.05, 4.69) is 0 Å². The van der Waals surface area contributed by atoms with Gasteiger partial charge in [0.1, 0.15) is 0 Å². The van der Waals surface area contributed by atoms with Crippen molar-refractivity contribution in [1.29, 1.82) is 0 Å². The third kappa shape index (κ3) is 2.18. The van der Waals surface area contributed by atoms with Gasteiger partial charge in [-0.2, -0.15) is 0 Å². The van der Waals surface area contributed by atoms with E-state index in [4.69, 9.17) is 14.2 Å². The monoisotopic (exact) mass is 188 g/mol. The summed E-state index contributed by atoms with van der Waals surface area (Å²) < 4.78 is 14.2. The van der Waals surface area contributed by atoms with Crippen LogP contribution in [0.1, 0.15) is 20.3 Å². The van der Waals surface area contributed by atoms with Crippen molar-refractivity contribution in [2.75, 3.05) is 6.61 Å². The molecule has 13 heavy (non-hydrogen) atoms. The lowest BCUT2D eigenvalue weighted by atomic mass is 10.1. The molecule has 1 aliphatic rings. The molecule has 74 valence electrons. The second kappa shape index (κ2) is 4.23. The molecule has 1 aliphatic heterocycles. The maximum absolute atomic E-state index is 11.1.